The molecule has 0 saturated carbocycles. The molecule has 0 saturated heterocycles. The van der Waals surface area contributed by atoms with Gasteiger partial charge in [0.1, 0.15) is 4.61 Å². The van der Waals surface area contributed by atoms with E-state index in [-0.39, 0.29) is 6.54 Å². The van der Waals surface area contributed by atoms with E-state index in [2.05, 4.69) is 40.6 Å². The summed E-state index contributed by atoms with van der Waals surface area (Å²) in [5.41, 5.74) is 0. The van der Waals surface area contributed by atoms with Crippen LogP contribution >= 0.6 is 38.7 Å². The molecule has 0 fully saturated rings. The Morgan fingerprint density at radius 1 is 1.77 bits per heavy atom. The van der Waals surface area contributed by atoms with Crippen LogP contribution in [0.1, 0.15) is 0 Å². The van der Waals surface area contributed by atoms with E-state index in [1.54, 1.807) is 0 Å². The van der Waals surface area contributed by atoms with Crippen molar-refractivity contribution in [3.8, 4) is 0 Å². The van der Waals surface area contributed by atoms with Gasteiger partial charge in [0.2, 0.25) is 0 Å². The predicted octanol–water partition coefficient (Wildman–Crippen LogP) is 0.331. The first-order chi connectivity index (χ1) is 6.26. The van der Waals surface area contributed by atoms with Crippen LogP contribution in [0.2, 0.25) is 0 Å². The lowest BCUT2D eigenvalue weighted by atomic mass is 10.7. The largest absolute Gasteiger partial charge is 0.454 e. The molecule has 0 aliphatic carbocycles. The summed E-state index contributed by atoms with van der Waals surface area (Å²) in [4.78, 5) is 12.1. The van der Waals surface area contributed by atoms with Crippen LogP contribution in [0.5, 0.6) is 0 Å². The summed E-state index contributed by atoms with van der Waals surface area (Å²) < 4.78 is 7.50. The van der Waals surface area contributed by atoms with Crippen LogP contribution in [0.4, 0.5) is 5.95 Å². The van der Waals surface area contributed by atoms with Gasteiger partial charge in [-0.05, 0) is 27.8 Å². The highest BCUT2D eigenvalue weighted by atomic mass is 127. The number of rotatable bonds is 4. The molecule has 13 heavy (non-hydrogen) atoms. The Morgan fingerprint density at radius 2 is 2.54 bits per heavy atom. The second-order valence-corrected chi connectivity index (χ2v) is 2.88. The van der Waals surface area contributed by atoms with Crippen LogP contribution in [0.25, 0.3) is 0 Å². The van der Waals surface area contributed by atoms with Crippen LogP contribution in [0.15, 0.2) is 0 Å². The molecule has 1 aromatic heterocycles. The SMILES string of the molecule is O=C(Cn1nnc(NBr)n1)OCI. The van der Waals surface area contributed by atoms with Gasteiger partial charge >= 0.3 is 5.97 Å². The van der Waals surface area contributed by atoms with Gasteiger partial charge in [0.05, 0.1) is 0 Å². The zero-order valence-corrected chi connectivity index (χ0v) is 10.0. The molecule has 0 radical (unpaired) electrons. The molecule has 0 amide bonds. The van der Waals surface area contributed by atoms with Gasteiger partial charge in [-0.2, -0.15) is 4.80 Å². The molecule has 0 atom stereocenters. The quantitative estimate of drug-likeness (QED) is 0.360. The lowest BCUT2D eigenvalue weighted by molar-refractivity contribution is -0.142. The fraction of sp³-hybridized carbons (Fsp3) is 0.500. The molecule has 1 N–H and O–H groups in total. The van der Waals surface area contributed by atoms with Gasteiger partial charge in [0.25, 0.3) is 5.95 Å². The summed E-state index contributed by atoms with van der Waals surface area (Å²) in [6.45, 7) is -0.0370. The van der Waals surface area contributed by atoms with Crippen molar-refractivity contribution in [3.05, 3.63) is 0 Å². The van der Waals surface area contributed by atoms with E-state index in [0.717, 1.165) is 4.80 Å². The second kappa shape index (κ2) is 5.32. The highest BCUT2D eigenvalue weighted by Crippen LogP contribution is 1.96. The Kier molecular flexibility index (Phi) is 4.35. The molecule has 72 valence electrons. The first-order valence-corrected chi connectivity index (χ1v) is 5.44. The smallest absolute Gasteiger partial charge is 0.330 e. The number of tetrazole rings is 1. The minimum atomic E-state index is -0.395. The van der Waals surface area contributed by atoms with Gasteiger partial charge in [0.15, 0.2) is 6.54 Å². The van der Waals surface area contributed by atoms with Crippen LogP contribution in [-0.2, 0) is 16.1 Å². The number of halogens is 2. The maximum atomic E-state index is 10.9. The summed E-state index contributed by atoms with van der Waals surface area (Å²) in [6.07, 6.45) is 0. The molecule has 1 rings (SSSR count). The number of carbonyl (C=O) groups is 1. The van der Waals surface area contributed by atoms with Gasteiger partial charge in [-0.15, -0.1) is 5.10 Å². The summed E-state index contributed by atoms with van der Waals surface area (Å²) in [5, 5.41) is 10.9. The zero-order valence-electron chi connectivity index (χ0n) is 6.28. The van der Waals surface area contributed by atoms with Gasteiger partial charge in [-0.3, -0.25) is 4.34 Å². The molecule has 0 unspecified atom stereocenters. The molecule has 1 heterocycles. The molecule has 0 aliphatic rings. The number of aromatic nitrogens is 4. The van der Waals surface area contributed by atoms with Crippen molar-refractivity contribution in [2.75, 3.05) is 8.96 Å². The van der Waals surface area contributed by atoms with E-state index in [1.807, 2.05) is 22.6 Å². The van der Waals surface area contributed by atoms with Crippen molar-refractivity contribution in [3.63, 3.8) is 0 Å². The number of ether oxygens (including phenoxy) is 1. The number of esters is 1. The Labute approximate surface area is 95.7 Å². The molecular formula is C4H5BrIN5O2. The van der Waals surface area contributed by atoms with Crippen molar-refractivity contribution >= 4 is 50.7 Å². The maximum absolute atomic E-state index is 10.9. The van der Waals surface area contributed by atoms with Crippen LogP contribution in [0.3, 0.4) is 0 Å². The lowest BCUT2D eigenvalue weighted by Crippen LogP contribution is -2.15. The van der Waals surface area contributed by atoms with Crippen molar-refractivity contribution in [1.82, 2.24) is 20.2 Å². The number of nitrogens with zero attached hydrogens (tertiary/aromatic N) is 4. The zero-order chi connectivity index (χ0) is 9.68. The molecule has 7 nitrogen and oxygen atoms in total. The number of hydrogen-bond donors (Lipinski definition) is 1. The molecule has 0 aromatic carbocycles. The van der Waals surface area contributed by atoms with Gasteiger partial charge < -0.3 is 4.74 Å². The summed E-state index contributed by atoms with van der Waals surface area (Å²) in [5.74, 6) is -0.102. The van der Waals surface area contributed by atoms with Crippen molar-refractivity contribution in [1.29, 1.82) is 0 Å². The monoisotopic (exact) mass is 361 g/mol. The number of alkyl halides is 1. The molecule has 0 aliphatic heterocycles. The molecule has 0 bridgehead atoms. The molecular weight excluding hydrogens is 357 g/mol. The third-order valence-electron chi connectivity index (χ3n) is 1.02. The van der Waals surface area contributed by atoms with Crippen molar-refractivity contribution in [2.45, 2.75) is 6.54 Å². The number of nitrogens with one attached hydrogen (secondary N) is 1. The average molecular weight is 362 g/mol. The van der Waals surface area contributed by atoms with Gasteiger partial charge in [-0.25, -0.2) is 4.79 Å². The minimum Gasteiger partial charge on any atom is -0.454 e. The molecule has 0 spiro atoms. The van der Waals surface area contributed by atoms with Crippen LogP contribution in [0, 0.1) is 0 Å². The van der Waals surface area contributed by atoms with E-state index in [9.17, 15) is 4.79 Å². The third-order valence-corrected chi connectivity index (χ3v) is 1.69. The Hall–Kier alpha value is -0.450. The minimum absolute atomic E-state index is 0.0370. The Morgan fingerprint density at radius 3 is 3.08 bits per heavy atom. The number of anilines is 1. The van der Waals surface area contributed by atoms with Crippen molar-refractivity contribution in [2.24, 2.45) is 0 Å². The Balaban J connectivity index is 2.49. The van der Waals surface area contributed by atoms with Gasteiger partial charge in [-0.1, -0.05) is 5.10 Å². The van der Waals surface area contributed by atoms with E-state index < -0.39 is 5.97 Å². The van der Waals surface area contributed by atoms with Crippen molar-refractivity contribution < 1.29 is 9.53 Å². The fourth-order valence-electron chi connectivity index (χ4n) is 0.570. The third kappa shape index (κ3) is 3.42. The summed E-state index contributed by atoms with van der Waals surface area (Å²) in [6, 6.07) is 0. The standard InChI is InChI=1S/C4H5BrIN5O2/c5-7-4-8-10-11(9-4)1-3(12)13-2-6/h1-2H2,(H,7,9). The van der Waals surface area contributed by atoms with E-state index >= 15 is 0 Å². The van der Waals surface area contributed by atoms with Crippen LogP contribution < -0.4 is 4.34 Å². The highest BCUT2D eigenvalue weighted by molar-refractivity contribution is 14.1. The molecule has 1 aromatic rings. The predicted molar refractivity (Wildman–Crippen MR) is 55.3 cm³/mol. The summed E-state index contributed by atoms with van der Waals surface area (Å²) in [7, 11) is 0. The number of hydrogen-bond acceptors (Lipinski definition) is 6. The maximum Gasteiger partial charge on any atom is 0.330 e. The fourth-order valence-corrected chi connectivity index (χ4v) is 1.08. The van der Waals surface area contributed by atoms with E-state index in [4.69, 9.17) is 0 Å². The Bertz CT molecular complexity index is 292. The van der Waals surface area contributed by atoms with Crippen LogP contribution in [-0.4, -0.2) is 30.8 Å². The first kappa shape index (κ1) is 10.6. The van der Waals surface area contributed by atoms with E-state index in [0.29, 0.717) is 10.6 Å². The van der Waals surface area contributed by atoms with E-state index in [1.165, 1.54) is 0 Å². The second-order valence-electron chi connectivity index (χ2n) is 1.86. The highest BCUT2D eigenvalue weighted by Gasteiger charge is 2.06. The lowest BCUT2D eigenvalue weighted by Gasteiger charge is -1.97. The first-order valence-electron chi connectivity index (χ1n) is 3.12. The normalized spacial score (nSPS) is 9.69. The molecule has 9 heteroatoms. The topological polar surface area (TPSA) is 81.9 Å². The summed E-state index contributed by atoms with van der Waals surface area (Å²) >= 11 is 4.85. The van der Waals surface area contributed by atoms with Gasteiger partial charge in [0, 0.05) is 16.1 Å². The number of carbonyl (C=O) groups excluding carboxylic acids is 1. The average Bonchev–Trinajstić information content (AvgIpc) is 2.52.